The molecule has 1 aliphatic rings. The van der Waals surface area contributed by atoms with Gasteiger partial charge < -0.3 is 26.4 Å². The van der Waals surface area contributed by atoms with Crippen LogP contribution in [0.4, 0.5) is 10.2 Å². The van der Waals surface area contributed by atoms with Crippen LogP contribution in [0.3, 0.4) is 0 Å². The van der Waals surface area contributed by atoms with E-state index in [1.54, 1.807) is 24.3 Å². The molecule has 9 nitrogen and oxygen atoms in total. The Morgan fingerprint density at radius 2 is 1.69 bits per heavy atom. The summed E-state index contributed by atoms with van der Waals surface area (Å²) >= 11 is 0. The topological polar surface area (TPSA) is 136 Å². The summed E-state index contributed by atoms with van der Waals surface area (Å²) in [6, 6.07) is 13.6. The maximum absolute atomic E-state index is 13.1. The summed E-state index contributed by atoms with van der Waals surface area (Å²) in [5.41, 5.74) is 11.6. The molecular formula is C22H21FN6O3. The first kappa shape index (κ1) is 21.2. The van der Waals surface area contributed by atoms with Gasteiger partial charge in [0, 0.05) is 31.3 Å². The summed E-state index contributed by atoms with van der Waals surface area (Å²) < 4.78 is 18.8. The number of primary amides is 2. The standard InChI is InChI=1S/C22H21FN6O3/c23-14-3-7-16(8-4-14)32-15-5-1-13(2-6-15)22-27-17(20(24)30)11-19(28-22)29-10-9-26-18(12-29)21(25)31/h1-8,11,18,26H,9-10,12H2,(H2,24,30)(H2,25,31). The number of amides is 2. The number of hydrogen-bond acceptors (Lipinski definition) is 7. The van der Waals surface area contributed by atoms with E-state index in [-0.39, 0.29) is 11.5 Å². The van der Waals surface area contributed by atoms with Crippen LogP contribution < -0.4 is 26.4 Å². The van der Waals surface area contributed by atoms with Gasteiger partial charge in [0.15, 0.2) is 5.82 Å². The van der Waals surface area contributed by atoms with Crippen LogP contribution in [0.15, 0.2) is 54.6 Å². The van der Waals surface area contributed by atoms with E-state index < -0.39 is 17.9 Å². The minimum Gasteiger partial charge on any atom is -0.457 e. The SMILES string of the molecule is NC(=O)c1cc(N2CCNC(C(N)=O)C2)nc(-c2ccc(Oc3ccc(F)cc3)cc2)n1. The third kappa shape index (κ3) is 4.81. The van der Waals surface area contributed by atoms with E-state index in [0.29, 0.717) is 48.3 Å². The van der Waals surface area contributed by atoms with E-state index in [9.17, 15) is 14.0 Å². The van der Waals surface area contributed by atoms with E-state index in [4.69, 9.17) is 16.2 Å². The average molecular weight is 436 g/mol. The molecule has 1 aliphatic heterocycles. The number of rotatable bonds is 6. The quantitative estimate of drug-likeness (QED) is 0.532. The molecule has 2 heterocycles. The fraction of sp³-hybridized carbons (Fsp3) is 0.182. The van der Waals surface area contributed by atoms with Crippen LogP contribution in [-0.4, -0.2) is 47.5 Å². The molecule has 1 aromatic heterocycles. The molecule has 5 N–H and O–H groups in total. The number of aromatic nitrogens is 2. The van der Waals surface area contributed by atoms with Crippen molar-refractivity contribution < 1.29 is 18.7 Å². The van der Waals surface area contributed by atoms with Crippen molar-refractivity contribution in [2.24, 2.45) is 11.5 Å². The van der Waals surface area contributed by atoms with Crippen molar-refractivity contribution in [2.45, 2.75) is 6.04 Å². The second kappa shape index (κ2) is 8.98. The molecule has 2 amide bonds. The summed E-state index contributed by atoms with van der Waals surface area (Å²) in [6.07, 6.45) is 0. The molecule has 3 aromatic rings. The number of carbonyl (C=O) groups is 2. The van der Waals surface area contributed by atoms with Gasteiger partial charge in [0.1, 0.15) is 34.9 Å². The van der Waals surface area contributed by atoms with Gasteiger partial charge in [-0.25, -0.2) is 14.4 Å². The molecule has 1 saturated heterocycles. The minimum atomic E-state index is -0.687. The molecule has 0 aliphatic carbocycles. The number of nitrogens with one attached hydrogen (secondary N) is 1. The Bertz CT molecular complexity index is 1140. The van der Waals surface area contributed by atoms with Crippen molar-refractivity contribution in [1.82, 2.24) is 15.3 Å². The second-order valence-corrected chi connectivity index (χ2v) is 7.23. The number of nitrogens with zero attached hydrogens (tertiary/aromatic N) is 3. The second-order valence-electron chi connectivity index (χ2n) is 7.23. The Hall–Kier alpha value is -4.05. The molecule has 1 fully saturated rings. The van der Waals surface area contributed by atoms with Crippen molar-refractivity contribution in [1.29, 1.82) is 0 Å². The van der Waals surface area contributed by atoms with Crippen LogP contribution in [0.2, 0.25) is 0 Å². The van der Waals surface area contributed by atoms with Gasteiger partial charge in [-0.05, 0) is 48.5 Å². The normalized spacial score (nSPS) is 15.9. The highest BCUT2D eigenvalue weighted by molar-refractivity contribution is 5.92. The third-order valence-electron chi connectivity index (χ3n) is 4.97. The van der Waals surface area contributed by atoms with Crippen LogP contribution in [0.1, 0.15) is 10.5 Å². The van der Waals surface area contributed by atoms with Crippen LogP contribution in [-0.2, 0) is 4.79 Å². The number of ether oxygens (including phenoxy) is 1. The van der Waals surface area contributed by atoms with Crippen molar-refractivity contribution in [3.8, 4) is 22.9 Å². The number of carbonyl (C=O) groups excluding carboxylic acids is 2. The highest BCUT2D eigenvalue weighted by Crippen LogP contribution is 2.26. The molecule has 2 aromatic carbocycles. The lowest BCUT2D eigenvalue weighted by molar-refractivity contribution is -0.120. The lowest BCUT2D eigenvalue weighted by Crippen LogP contribution is -2.56. The molecule has 0 spiro atoms. The van der Waals surface area contributed by atoms with Gasteiger partial charge in [0.25, 0.3) is 5.91 Å². The highest BCUT2D eigenvalue weighted by Gasteiger charge is 2.25. The van der Waals surface area contributed by atoms with Crippen molar-refractivity contribution in [3.63, 3.8) is 0 Å². The first-order chi connectivity index (χ1) is 15.4. The smallest absolute Gasteiger partial charge is 0.267 e. The van der Waals surface area contributed by atoms with Gasteiger partial charge in [-0.2, -0.15) is 0 Å². The lowest BCUT2D eigenvalue weighted by Gasteiger charge is -2.33. The third-order valence-corrected chi connectivity index (χ3v) is 4.97. The zero-order valence-electron chi connectivity index (χ0n) is 17.0. The van der Waals surface area contributed by atoms with Crippen LogP contribution in [0.25, 0.3) is 11.4 Å². The number of hydrogen-bond donors (Lipinski definition) is 3. The Kier molecular flexibility index (Phi) is 5.95. The molecule has 0 saturated carbocycles. The first-order valence-corrected chi connectivity index (χ1v) is 9.89. The first-order valence-electron chi connectivity index (χ1n) is 9.89. The molecule has 10 heteroatoms. The largest absolute Gasteiger partial charge is 0.457 e. The zero-order chi connectivity index (χ0) is 22.7. The molecule has 0 radical (unpaired) electrons. The highest BCUT2D eigenvalue weighted by atomic mass is 19.1. The van der Waals surface area contributed by atoms with E-state index in [1.165, 1.54) is 30.3 Å². The van der Waals surface area contributed by atoms with E-state index in [1.807, 2.05) is 4.90 Å². The summed E-state index contributed by atoms with van der Waals surface area (Å²) in [4.78, 5) is 34.1. The van der Waals surface area contributed by atoms with Crippen LogP contribution in [0.5, 0.6) is 11.5 Å². The fourth-order valence-corrected chi connectivity index (χ4v) is 3.31. The lowest BCUT2D eigenvalue weighted by atomic mass is 10.1. The molecule has 0 bridgehead atoms. The Morgan fingerprint density at radius 1 is 1.03 bits per heavy atom. The van der Waals surface area contributed by atoms with Gasteiger partial charge in [-0.1, -0.05) is 0 Å². The molecular weight excluding hydrogens is 415 g/mol. The number of nitrogens with two attached hydrogens (primary N) is 2. The van der Waals surface area contributed by atoms with Gasteiger partial charge in [-0.3, -0.25) is 9.59 Å². The maximum atomic E-state index is 13.1. The fourth-order valence-electron chi connectivity index (χ4n) is 3.31. The Balaban J connectivity index is 1.60. The predicted octanol–water partition coefficient (Wildman–Crippen LogP) is 1.44. The van der Waals surface area contributed by atoms with Gasteiger partial charge in [-0.15, -0.1) is 0 Å². The average Bonchev–Trinajstić information content (AvgIpc) is 2.81. The van der Waals surface area contributed by atoms with E-state index in [2.05, 4.69) is 15.3 Å². The molecule has 4 rings (SSSR count). The van der Waals surface area contributed by atoms with Crippen LogP contribution in [0, 0.1) is 5.82 Å². The number of anilines is 1. The van der Waals surface area contributed by atoms with E-state index in [0.717, 1.165) is 0 Å². The number of halogens is 1. The predicted molar refractivity (Wildman–Crippen MR) is 116 cm³/mol. The summed E-state index contributed by atoms with van der Waals surface area (Å²) in [7, 11) is 0. The summed E-state index contributed by atoms with van der Waals surface area (Å²) in [5, 5.41) is 3.05. The van der Waals surface area contributed by atoms with E-state index >= 15 is 0 Å². The molecule has 164 valence electrons. The molecule has 32 heavy (non-hydrogen) atoms. The number of piperazine rings is 1. The van der Waals surface area contributed by atoms with Gasteiger partial charge in [0.2, 0.25) is 5.91 Å². The molecule has 1 unspecified atom stereocenters. The van der Waals surface area contributed by atoms with Gasteiger partial charge in [0.05, 0.1) is 0 Å². The maximum Gasteiger partial charge on any atom is 0.267 e. The molecule has 1 atom stereocenters. The summed E-state index contributed by atoms with van der Waals surface area (Å²) in [5.74, 6) is 0.321. The van der Waals surface area contributed by atoms with Gasteiger partial charge >= 0.3 is 0 Å². The minimum absolute atomic E-state index is 0.0609. The van der Waals surface area contributed by atoms with Crippen molar-refractivity contribution in [2.75, 3.05) is 24.5 Å². The van der Waals surface area contributed by atoms with Crippen molar-refractivity contribution >= 4 is 17.6 Å². The number of benzene rings is 2. The monoisotopic (exact) mass is 436 g/mol. The summed E-state index contributed by atoms with van der Waals surface area (Å²) in [6.45, 7) is 1.42. The zero-order valence-corrected chi connectivity index (χ0v) is 17.0. The van der Waals surface area contributed by atoms with Crippen LogP contribution >= 0.6 is 0 Å². The van der Waals surface area contributed by atoms with Crippen molar-refractivity contribution in [3.05, 3.63) is 66.1 Å². The Morgan fingerprint density at radius 3 is 2.31 bits per heavy atom. The Labute approximate surface area is 183 Å².